The van der Waals surface area contributed by atoms with Gasteiger partial charge in [-0.15, -0.1) is 0 Å². The molecule has 1 aromatic carbocycles. The second-order valence-electron chi connectivity index (χ2n) is 4.62. The number of para-hydroxylation sites is 1. The molecular formula is C14H15N5O2. The van der Waals surface area contributed by atoms with Crippen molar-refractivity contribution in [3.63, 3.8) is 0 Å². The second-order valence-corrected chi connectivity index (χ2v) is 4.62. The van der Waals surface area contributed by atoms with E-state index in [4.69, 9.17) is 4.74 Å². The number of rotatable bonds is 5. The molecule has 0 aliphatic heterocycles. The fourth-order valence-corrected chi connectivity index (χ4v) is 2.12. The molecular weight excluding hydrogens is 270 g/mol. The number of fused-ring (bicyclic) bond motifs is 1. The number of ether oxygens (including phenoxy) is 1. The maximum atomic E-state index is 12.2. The summed E-state index contributed by atoms with van der Waals surface area (Å²) < 4.78 is 4.99. The van der Waals surface area contributed by atoms with Crippen molar-refractivity contribution < 1.29 is 9.53 Å². The molecule has 3 N–H and O–H groups in total. The van der Waals surface area contributed by atoms with Crippen LogP contribution in [0.2, 0.25) is 0 Å². The van der Waals surface area contributed by atoms with Gasteiger partial charge >= 0.3 is 0 Å². The number of carbonyl (C=O) groups excluding carboxylic acids is 1. The van der Waals surface area contributed by atoms with E-state index in [9.17, 15) is 4.79 Å². The van der Waals surface area contributed by atoms with E-state index < -0.39 is 0 Å². The third-order valence-electron chi connectivity index (χ3n) is 3.10. The summed E-state index contributed by atoms with van der Waals surface area (Å²) in [7, 11) is 1.61. The van der Waals surface area contributed by atoms with Gasteiger partial charge in [-0.2, -0.15) is 10.2 Å². The van der Waals surface area contributed by atoms with E-state index in [1.807, 2.05) is 30.3 Å². The molecule has 108 valence electrons. The van der Waals surface area contributed by atoms with Gasteiger partial charge in [0.05, 0.1) is 30.1 Å². The van der Waals surface area contributed by atoms with Crippen molar-refractivity contribution in [1.29, 1.82) is 0 Å². The molecule has 0 spiro atoms. The van der Waals surface area contributed by atoms with Crippen LogP contribution in [0, 0.1) is 0 Å². The second kappa shape index (κ2) is 5.76. The standard InChI is InChI=1S/C14H15N5O2/c1-21-8-10-6-9(16-17-10)7-15-14(20)13-11-4-2-3-5-12(11)18-19-13/h2-6H,7-8H2,1H3,(H,15,20)(H,16,17)(H,18,19). The lowest BCUT2D eigenvalue weighted by Crippen LogP contribution is -2.23. The number of carbonyl (C=O) groups is 1. The van der Waals surface area contributed by atoms with Gasteiger partial charge in [-0.05, 0) is 12.1 Å². The first-order valence-corrected chi connectivity index (χ1v) is 6.51. The zero-order valence-electron chi connectivity index (χ0n) is 11.5. The zero-order chi connectivity index (χ0) is 14.7. The fourth-order valence-electron chi connectivity index (χ4n) is 2.12. The Kier molecular flexibility index (Phi) is 3.65. The minimum atomic E-state index is -0.227. The third-order valence-corrected chi connectivity index (χ3v) is 3.10. The van der Waals surface area contributed by atoms with E-state index in [1.165, 1.54) is 0 Å². The van der Waals surface area contributed by atoms with Gasteiger partial charge in [-0.25, -0.2) is 0 Å². The molecule has 0 unspecified atom stereocenters. The molecule has 21 heavy (non-hydrogen) atoms. The first-order valence-electron chi connectivity index (χ1n) is 6.51. The minimum Gasteiger partial charge on any atom is -0.378 e. The quantitative estimate of drug-likeness (QED) is 0.659. The Balaban J connectivity index is 1.68. The van der Waals surface area contributed by atoms with E-state index in [1.54, 1.807) is 7.11 Å². The average molecular weight is 285 g/mol. The highest BCUT2D eigenvalue weighted by Gasteiger charge is 2.13. The summed E-state index contributed by atoms with van der Waals surface area (Å²) in [5.74, 6) is -0.227. The van der Waals surface area contributed by atoms with Gasteiger partial charge < -0.3 is 10.1 Å². The number of aromatic amines is 2. The number of amides is 1. The van der Waals surface area contributed by atoms with Crippen molar-refractivity contribution in [3.05, 3.63) is 47.4 Å². The van der Waals surface area contributed by atoms with Crippen molar-refractivity contribution in [2.75, 3.05) is 7.11 Å². The zero-order valence-corrected chi connectivity index (χ0v) is 11.5. The lowest BCUT2D eigenvalue weighted by molar-refractivity contribution is 0.0947. The molecule has 2 aromatic heterocycles. The molecule has 0 aliphatic rings. The van der Waals surface area contributed by atoms with E-state index in [0.717, 1.165) is 22.3 Å². The molecule has 0 radical (unpaired) electrons. The van der Waals surface area contributed by atoms with Crippen molar-refractivity contribution in [1.82, 2.24) is 25.7 Å². The molecule has 1 amide bonds. The van der Waals surface area contributed by atoms with Crippen molar-refractivity contribution in [3.8, 4) is 0 Å². The number of hydrogen-bond donors (Lipinski definition) is 3. The highest BCUT2D eigenvalue weighted by atomic mass is 16.5. The van der Waals surface area contributed by atoms with E-state index >= 15 is 0 Å². The maximum absolute atomic E-state index is 12.2. The molecule has 0 saturated carbocycles. The summed E-state index contributed by atoms with van der Waals surface area (Å²) in [6, 6.07) is 9.36. The van der Waals surface area contributed by atoms with Gasteiger partial charge in [0.1, 0.15) is 0 Å². The summed E-state index contributed by atoms with van der Waals surface area (Å²) >= 11 is 0. The van der Waals surface area contributed by atoms with E-state index in [-0.39, 0.29) is 5.91 Å². The van der Waals surface area contributed by atoms with Gasteiger partial charge in [0.2, 0.25) is 0 Å². The number of hydrogen-bond acceptors (Lipinski definition) is 4. The van der Waals surface area contributed by atoms with Crippen LogP contribution in [0.5, 0.6) is 0 Å². The van der Waals surface area contributed by atoms with Crippen LogP contribution in [0.1, 0.15) is 21.9 Å². The molecule has 7 heteroatoms. The molecule has 0 atom stereocenters. The summed E-state index contributed by atoms with van der Waals surface area (Å²) in [4.78, 5) is 12.2. The number of nitrogens with one attached hydrogen (secondary N) is 3. The van der Waals surface area contributed by atoms with Crippen LogP contribution in [0.25, 0.3) is 10.9 Å². The maximum Gasteiger partial charge on any atom is 0.272 e. The van der Waals surface area contributed by atoms with Crippen molar-refractivity contribution in [2.24, 2.45) is 0 Å². The molecule has 2 heterocycles. The summed E-state index contributed by atoms with van der Waals surface area (Å²) in [6.07, 6.45) is 0. The topological polar surface area (TPSA) is 95.7 Å². The Morgan fingerprint density at radius 2 is 2.14 bits per heavy atom. The average Bonchev–Trinajstić information content (AvgIpc) is 3.12. The number of methoxy groups -OCH3 is 1. The minimum absolute atomic E-state index is 0.227. The highest BCUT2D eigenvalue weighted by Crippen LogP contribution is 2.14. The van der Waals surface area contributed by atoms with Crippen LogP contribution < -0.4 is 5.32 Å². The van der Waals surface area contributed by atoms with Crippen LogP contribution in [-0.4, -0.2) is 33.4 Å². The fraction of sp³-hybridized carbons (Fsp3) is 0.214. The largest absolute Gasteiger partial charge is 0.378 e. The molecule has 0 aliphatic carbocycles. The van der Waals surface area contributed by atoms with E-state index in [0.29, 0.717) is 18.8 Å². The lowest BCUT2D eigenvalue weighted by atomic mass is 10.2. The van der Waals surface area contributed by atoms with E-state index in [2.05, 4.69) is 25.7 Å². The van der Waals surface area contributed by atoms with Crippen molar-refractivity contribution >= 4 is 16.8 Å². The number of benzene rings is 1. The summed E-state index contributed by atoms with van der Waals surface area (Å²) in [6.45, 7) is 0.797. The number of nitrogens with zero attached hydrogens (tertiary/aromatic N) is 2. The van der Waals surface area contributed by atoms with Crippen LogP contribution in [0.3, 0.4) is 0 Å². The Hall–Kier alpha value is -2.67. The van der Waals surface area contributed by atoms with Gasteiger partial charge in [0, 0.05) is 12.5 Å². The van der Waals surface area contributed by atoms with Gasteiger partial charge in [0.15, 0.2) is 5.69 Å². The lowest BCUT2D eigenvalue weighted by Gasteiger charge is -2.01. The predicted octanol–water partition coefficient (Wildman–Crippen LogP) is 1.36. The molecule has 3 aromatic rings. The Bertz CT molecular complexity index is 761. The van der Waals surface area contributed by atoms with Crippen molar-refractivity contribution in [2.45, 2.75) is 13.2 Å². The predicted molar refractivity (Wildman–Crippen MR) is 76.6 cm³/mol. The smallest absolute Gasteiger partial charge is 0.272 e. The normalized spacial score (nSPS) is 10.9. The monoisotopic (exact) mass is 285 g/mol. The van der Waals surface area contributed by atoms with Gasteiger partial charge in [-0.1, -0.05) is 18.2 Å². The SMILES string of the molecule is COCc1cc(CNC(=O)c2n[nH]c3ccccc23)[nH]n1. The first kappa shape index (κ1) is 13.3. The molecule has 7 nitrogen and oxygen atoms in total. The van der Waals surface area contributed by atoms with Gasteiger partial charge in [-0.3, -0.25) is 15.0 Å². The first-order chi connectivity index (χ1) is 10.3. The van der Waals surface area contributed by atoms with Crippen LogP contribution in [0.4, 0.5) is 0 Å². The van der Waals surface area contributed by atoms with Gasteiger partial charge in [0.25, 0.3) is 5.91 Å². The summed E-state index contributed by atoms with van der Waals surface area (Å²) in [5, 5.41) is 17.4. The summed E-state index contributed by atoms with van der Waals surface area (Å²) in [5.41, 5.74) is 2.84. The molecule has 0 saturated heterocycles. The molecule has 3 rings (SSSR count). The Morgan fingerprint density at radius 1 is 1.29 bits per heavy atom. The third kappa shape index (κ3) is 2.77. The number of aromatic nitrogens is 4. The van der Waals surface area contributed by atoms with Crippen LogP contribution in [0.15, 0.2) is 30.3 Å². The Morgan fingerprint density at radius 3 is 3.00 bits per heavy atom. The molecule has 0 fully saturated rings. The van der Waals surface area contributed by atoms with Crippen LogP contribution >= 0.6 is 0 Å². The highest BCUT2D eigenvalue weighted by molar-refractivity contribution is 6.04. The molecule has 0 bridgehead atoms. The van der Waals surface area contributed by atoms with Crippen LogP contribution in [-0.2, 0) is 17.9 Å². The number of H-pyrrole nitrogens is 2. The Labute approximate surface area is 120 Å².